The summed E-state index contributed by atoms with van der Waals surface area (Å²) in [6, 6.07) is 4.69. The van der Waals surface area contributed by atoms with E-state index in [1.54, 1.807) is 27.0 Å². The lowest BCUT2D eigenvalue weighted by Gasteiger charge is -2.18. The van der Waals surface area contributed by atoms with Gasteiger partial charge in [-0.05, 0) is 18.9 Å². The molecule has 1 amide bonds. The van der Waals surface area contributed by atoms with Gasteiger partial charge in [-0.2, -0.15) is 0 Å². The van der Waals surface area contributed by atoms with Gasteiger partial charge in [-0.1, -0.05) is 31.5 Å². The number of amides is 1. The number of nitrogens with one attached hydrogen (secondary N) is 1. The molecule has 20 heavy (non-hydrogen) atoms. The number of hydrogen-bond donors (Lipinski definition) is 2. The standard InChI is InChI=1S/C15H21NO4/c1-9(2)14(15(18)19)16-13(17)8-11-7-10(3)5-6-12(11)20-4/h5-7,9,14H,8H2,1-4H3,(H,16,17)(H,18,19). The van der Waals surface area contributed by atoms with Gasteiger partial charge in [-0.3, -0.25) is 4.79 Å². The lowest BCUT2D eigenvalue weighted by molar-refractivity contribution is -0.143. The normalized spacial score (nSPS) is 12.1. The molecule has 0 aromatic heterocycles. The highest BCUT2D eigenvalue weighted by Gasteiger charge is 2.23. The average Bonchev–Trinajstić information content (AvgIpc) is 2.35. The Hall–Kier alpha value is -2.04. The molecule has 2 N–H and O–H groups in total. The summed E-state index contributed by atoms with van der Waals surface area (Å²) in [4.78, 5) is 23.0. The van der Waals surface area contributed by atoms with Crippen LogP contribution >= 0.6 is 0 Å². The van der Waals surface area contributed by atoms with Crippen molar-refractivity contribution >= 4 is 11.9 Å². The van der Waals surface area contributed by atoms with Crippen molar-refractivity contribution in [3.05, 3.63) is 29.3 Å². The monoisotopic (exact) mass is 279 g/mol. The summed E-state index contributed by atoms with van der Waals surface area (Å²) in [5, 5.41) is 11.6. The van der Waals surface area contributed by atoms with Crippen LogP contribution in [-0.4, -0.2) is 30.1 Å². The number of hydrogen-bond acceptors (Lipinski definition) is 3. The van der Waals surface area contributed by atoms with E-state index in [9.17, 15) is 9.59 Å². The molecule has 1 rings (SSSR count). The van der Waals surface area contributed by atoms with Gasteiger partial charge < -0.3 is 15.2 Å². The summed E-state index contributed by atoms with van der Waals surface area (Å²) in [7, 11) is 1.54. The van der Waals surface area contributed by atoms with Crippen molar-refractivity contribution in [3.8, 4) is 5.75 Å². The third-order valence-electron chi connectivity index (χ3n) is 3.04. The fourth-order valence-electron chi connectivity index (χ4n) is 1.96. The van der Waals surface area contributed by atoms with E-state index in [0.29, 0.717) is 5.75 Å². The third kappa shape index (κ3) is 4.26. The third-order valence-corrected chi connectivity index (χ3v) is 3.04. The van der Waals surface area contributed by atoms with E-state index in [2.05, 4.69) is 5.32 Å². The number of benzene rings is 1. The maximum Gasteiger partial charge on any atom is 0.326 e. The Balaban J connectivity index is 2.80. The Morgan fingerprint density at radius 3 is 2.50 bits per heavy atom. The molecule has 0 aliphatic carbocycles. The van der Waals surface area contributed by atoms with Crippen LogP contribution in [0, 0.1) is 12.8 Å². The summed E-state index contributed by atoms with van der Waals surface area (Å²) in [5.41, 5.74) is 1.77. The zero-order chi connectivity index (χ0) is 15.3. The topological polar surface area (TPSA) is 75.6 Å². The summed E-state index contributed by atoms with van der Waals surface area (Å²) in [5.74, 6) is -0.891. The molecule has 1 aromatic carbocycles. The smallest absolute Gasteiger partial charge is 0.326 e. The first-order chi connectivity index (χ1) is 9.35. The van der Waals surface area contributed by atoms with E-state index in [1.807, 2.05) is 19.1 Å². The minimum atomic E-state index is -1.02. The predicted octanol–water partition coefficient (Wildman–Crippen LogP) is 1.77. The van der Waals surface area contributed by atoms with E-state index in [1.165, 1.54) is 0 Å². The number of carbonyl (C=O) groups is 2. The van der Waals surface area contributed by atoms with Crippen molar-refractivity contribution in [1.82, 2.24) is 5.32 Å². The Morgan fingerprint density at radius 2 is 2.00 bits per heavy atom. The van der Waals surface area contributed by atoms with Crippen molar-refractivity contribution in [2.24, 2.45) is 5.92 Å². The maximum atomic E-state index is 12.0. The molecule has 0 fully saturated rings. The Labute approximate surface area is 118 Å². The largest absolute Gasteiger partial charge is 0.496 e. The second kappa shape index (κ2) is 6.93. The molecule has 0 spiro atoms. The summed E-state index contributed by atoms with van der Waals surface area (Å²) in [6.45, 7) is 5.44. The summed E-state index contributed by atoms with van der Waals surface area (Å²) in [6.07, 6.45) is 0.0986. The van der Waals surface area contributed by atoms with Crippen molar-refractivity contribution < 1.29 is 19.4 Å². The van der Waals surface area contributed by atoms with Gasteiger partial charge in [0.2, 0.25) is 5.91 Å². The zero-order valence-corrected chi connectivity index (χ0v) is 12.3. The molecule has 0 bridgehead atoms. The quantitative estimate of drug-likeness (QED) is 0.832. The Kier molecular flexibility index (Phi) is 5.55. The van der Waals surface area contributed by atoms with Gasteiger partial charge in [-0.25, -0.2) is 4.79 Å². The number of methoxy groups -OCH3 is 1. The molecule has 0 radical (unpaired) electrons. The molecule has 110 valence electrons. The van der Waals surface area contributed by atoms with Crippen LogP contribution in [0.5, 0.6) is 5.75 Å². The van der Waals surface area contributed by atoms with Gasteiger partial charge in [0.25, 0.3) is 0 Å². The fraction of sp³-hybridized carbons (Fsp3) is 0.467. The average molecular weight is 279 g/mol. The lowest BCUT2D eigenvalue weighted by Crippen LogP contribution is -2.44. The Bertz CT molecular complexity index is 497. The molecule has 5 nitrogen and oxygen atoms in total. The Morgan fingerprint density at radius 1 is 1.35 bits per heavy atom. The second-order valence-electron chi connectivity index (χ2n) is 5.12. The van der Waals surface area contributed by atoms with Gasteiger partial charge in [0.1, 0.15) is 11.8 Å². The lowest BCUT2D eigenvalue weighted by atomic mass is 10.0. The molecule has 0 saturated heterocycles. The van der Waals surface area contributed by atoms with Crippen LogP contribution in [0.1, 0.15) is 25.0 Å². The van der Waals surface area contributed by atoms with Crippen LogP contribution in [0.4, 0.5) is 0 Å². The molecule has 0 aliphatic rings. The molecule has 1 atom stereocenters. The van der Waals surface area contributed by atoms with Gasteiger partial charge in [0.15, 0.2) is 0 Å². The summed E-state index contributed by atoms with van der Waals surface area (Å²) < 4.78 is 5.20. The first-order valence-electron chi connectivity index (χ1n) is 6.50. The number of ether oxygens (including phenoxy) is 1. The second-order valence-corrected chi connectivity index (χ2v) is 5.12. The number of aryl methyl sites for hydroxylation is 1. The van der Waals surface area contributed by atoms with Crippen LogP contribution in [-0.2, 0) is 16.0 Å². The zero-order valence-electron chi connectivity index (χ0n) is 12.3. The number of carbonyl (C=O) groups excluding carboxylic acids is 1. The fourth-order valence-corrected chi connectivity index (χ4v) is 1.96. The number of rotatable bonds is 6. The van der Waals surface area contributed by atoms with Crippen molar-refractivity contribution in [2.75, 3.05) is 7.11 Å². The van der Waals surface area contributed by atoms with Crippen LogP contribution in [0.25, 0.3) is 0 Å². The first-order valence-corrected chi connectivity index (χ1v) is 6.50. The number of aliphatic carboxylic acids is 1. The van der Waals surface area contributed by atoms with E-state index in [-0.39, 0.29) is 18.2 Å². The molecule has 0 saturated carbocycles. The molecular formula is C15H21NO4. The number of carboxylic acids is 1. The van der Waals surface area contributed by atoms with Gasteiger partial charge >= 0.3 is 5.97 Å². The SMILES string of the molecule is COc1ccc(C)cc1CC(=O)NC(C(=O)O)C(C)C. The van der Waals surface area contributed by atoms with Gasteiger partial charge in [-0.15, -0.1) is 0 Å². The van der Waals surface area contributed by atoms with Crippen LogP contribution < -0.4 is 10.1 Å². The van der Waals surface area contributed by atoms with Crippen LogP contribution in [0.3, 0.4) is 0 Å². The van der Waals surface area contributed by atoms with Crippen molar-refractivity contribution in [3.63, 3.8) is 0 Å². The molecule has 5 heteroatoms. The van der Waals surface area contributed by atoms with Crippen molar-refractivity contribution in [1.29, 1.82) is 0 Å². The van der Waals surface area contributed by atoms with Gasteiger partial charge in [0.05, 0.1) is 13.5 Å². The van der Waals surface area contributed by atoms with E-state index < -0.39 is 12.0 Å². The molecule has 1 unspecified atom stereocenters. The molecular weight excluding hydrogens is 258 g/mol. The first kappa shape index (κ1) is 16.0. The highest BCUT2D eigenvalue weighted by Crippen LogP contribution is 2.20. The van der Waals surface area contributed by atoms with Crippen LogP contribution in [0.2, 0.25) is 0 Å². The predicted molar refractivity (Wildman–Crippen MR) is 75.8 cm³/mol. The highest BCUT2D eigenvalue weighted by atomic mass is 16.5. The summed E-state index contributed by atoms with van der Waals surface area (Å²) >= 11 is 0. The van der Waals surface area contributed by atoms with E-state index >= 15 is 0 Å². The molecule has 1 aromatic rings. The minimum Gasteiger partial charge on any atom is -0.496 e. The molecule has 0 heterocycles. The maximum absolute atomic E-state index is 12.0. The van der Waals surface area contributed by atoms with Crippen molar-refractivity contribution in [2.45, 2.75) is 33.2 Å². The highest BCUT2D eigenvalue weighted by molar-refractivity contribution is 5.85. The van der Waals surface area contributed by atoms with E-state index in [0.717, 1.165) is 11.1 Å². The number of carboxylic acid groups (broad SMARTS) is 1. The van der Waals surface area contributed by atoms with Crippen LogP contribution in [0.15, 0.2) is 18.2 Å². The van der Waals surface area contributed by atoms with E-state index in [4.69, 9.17) is 9.84 Å². The van der Waals surface area contributed by atoms with Gasteiger partial charge in [0, 0.05) is 5.56 Å². The molecule has 0 aliphatic heterocycles. The minimum absolute atomic E-state index is 0.0986.